The maximum Gasteiger partial charge on any atom is 0.315 e. The van der Waals surface area contributed by atoms with Crippen molar-refractivity contribution < 1.29 is 23.5 Å². The highest BCUT2D eigenvalue weighted by Gasteiger charge is 2.27. The SMILES string of the molecule is CN(C)C(=O)C(=O)Nc1cc(C(=O)N2CCC(Oc3ccc(F)cc3)CC2)c(Cl)cn1. The van der Waals surface area contributed by atoms with E-state index in [0.29, 0.717) is 31.7 Å². The van der Waals surface area contributed by atoms with E-state index in [1.54, 1.807) is 17.0 Å². The van der Waals surface area contributed by atoms with Crippen LogP contribution in [0, 0.1) is 5.82 Å². The number of carbonyl (C=O) groups excluding carboxylic acids is 3. The largest absolute Gasteiger partial charge is 0.490 e. The summed E-state index contributed by atoms with van der Waals surface area (Å²) in [4.78, 5) is 43.3. The molecule has 0 spiro atoms. The zero-order valence-electron chi connectivity index (χ0n) is 17.1. The van der Waals surface area contributed by atoms with Gasteiger partial charge in [-0.2, -0.15) is 0 Å². The van der Waals surface area contributed by atoms with Crippen LogP contribution in [-0.2, 0) is 9.59 Å². The first-order chi connectivity index (χ1) is 14.7. The number of benzene rings is 1. The fraction of sp³-hybridized carbons (Fsp3) is 0.333. The topological polar surface area (TPSA) is 91.8 Å². The molecule has 2 heterocycles. The van der Waals surface area contributed by atoms with Crippen molar-refractivity contribution in [3.63, 3.8) is 0 Å². The molecule has 0 radical (unpaired) electrons. The van der Waals surface area contributed by atoms with Crippen LogP contribution < -0.4 is 10.1 Å². The van der Waals surface area contributed by atoms with E-state index < -0.39 is 11.8 Å². The van der Waals surface area contributed by atoms with Gasteiger partial charge in [-0.3, -0.25) is 14.4 Å². The quantitative estimate of drug-likeness (QED) is 0.726. The third-order valence-electron chi connectivity index (χ3n) is 4.77. The van der Waals surface area contributed by atoms with Gasteiger partial charge in [-0.15, -0.1) is 0 Å². The first kappa shape index (κ1) is 22.5. The molecule has 164 valence electrons. The minimum atomic E-state index is -0.864. The molecule has 0 atom stereocenters. The number of hydrogen-bond donors (Lipinski definition) is 1. The van der Waals surface area contributed by atoms with Crippen molar-refractivity contribution in [1.29, 1.82) is 0 Å². The molecule has 0 bridgehead atoms. The molecule has 10 heteroatoms. The number of likely N-dealkylation sites (tertiary alicyclic amines) is 1. The minimum absolute atomic E-state index is 0.0579. The van der Waals surface area contributed by atoms with Gasteiger partial charge in [0, 0.05) is 46.2 Å². The number of nitrogens with one attached hydrogen (secondary N) is 1. The molecule has 1 aliphatic heterocycles. The van der Waals surface area contributed by atoms with Gasteiger partial charge in [-0.05, 0) is 30.3 Å². The van der Waals surface area contributed by atoms with Crippen molar-refractivity contribution in [1.82, 2.24) is 14.8 Å². The lowest BCUT2D eigenvalue weighted by Gasteiger charge is -2.32. The number of carbonyl (C=O) groups is 3. The van der Waals surface area contributed by atoms with Crippen LogP contribution in [0.2, 0.25) is 5.02 Å². The van der Waals surface area contributed by atoms with Crippen LogP contribution in [-0.4, -0.2) is 65.8 Å². The lowest BCUT2D eigenvalue weighted by Crippen LogP contribution is -2.42. The Morgan fingerprint density at radius 2 is 1.84 bits per heavy atom. The average Bonchev–Trinajstić information content (AvgIpc) is 2.76. The molecule has 0 aliphatic carbocycles. The third-order valence-corrected chi connectivity index (χ3v) is 5.07. The fourth-order valence-electron chi connectivity index (χ4n) is 3.10. The Balaban J connectivity index is 1.61. The number of aromatic nitrogens is 1. The summed E-state index contributed by atoms with van der Waals surface area (Å²) in [5.41, 5.74) is 0.183. The zero-order valence-corrected chi connectivity index (χ0v) is 17.9. The van der Waals surface area contributed by atoms with Gasteiger partial charge in [0.1, 0.15) is 23.5 Å². The van der Waals surface area contributed by atoms with E-state index in [-0.39, 0.29) is 34.2 Å². The van der Waals surface area contributed by atoms with E-state index in [9.17, 15) is 18.8 Å². The van der Waals surface area contributed by atoms with Crippen molar-refractivity contribution in [3.8, 4) is 5.75 Å². The highest BCUT2D eigenvalue weighted by Crippen LogP contribution is 2.24. The van der Waals surface area contributed by atoms with E-state index in [4.69, 9.17) is 16.3 Å². The molecule has 1 N–H and O–H groups in total. The summed E-state index contributed by atoms with van der Waals surface area (Å²) >= 11 is 6.16. The van der Waals surface area contributed by atoms with Crippen LogP contribution in [0.15, 0.2) is 36.5 Å². The van der Waals surface area contributed by atoms with Gasteiger partial charge in [0.25, 0.3) is 5.91 Å². The fourth-order valence-corrected chi connectivity index (χ4v) is 3.28. The van der Waals surface area contributed by atoms with Gasteiger partial charge in [0.2, 0.25) is 0 Å². The van der Waals surface area contributed by atoms with Gasteiger partial charge in [0.15, 0.2) is 0 Å². The Morgan fingerprint density at radius 1 is 1.19 bits per heavy atom. The predicted octanol–water partition coefficient (Wildman–Crippen LogP) is 2.58. The lowest BCUT2D eigenvalue weighted by atomic mass is 10.1. The molecule has 1 saturated heterocycles. The number of amides is 3. The zero-order chi connectivity index (χ0) is 22.5. The number of piperidine rings is 1. The van der Waals surface area contributed by atoms with Crippen molar-refractivity contribution in [2.75, 3.05) is 32.5 Å². The summed E-state index contributed by atoms with van der Waals surface area (Å²) in [6, 6.07) is 7.16. The van der Waals surface area contributed by atoms with Crippen LogP contribution in [0.4, 0.5) is 10.2 Å². The first-order valence-corrected chi connectivity index (χ1v) is 10.0. The molecular formula is C21H22ClFN4O4. The molecule has 8 nitrogen and oxygen atoms in total. The average molecular weight is 449 g/mol. The second-order valence-electron chi connectivity index (χ2n) is 7.27. The third kappa shape index (κ3) is 5.69. The number of rotatable bonds is 4. The standard InChI is InChI=1S/C21H22ClFN4O4/c1-26(2)21(30)19(28)25-18-11-16(17(22)12-24-18)20(29)27-9-7-15(8-10-27)31-14-5-3-13(23)4-6-14/h3-6,11-12,15H,7-10H2,1-2H3,(H,24,25,28). The molecule has 1 aromatic carbocycles. The Labute approximate surface area is 183 Å². The number of ether oxygens (including phenoxy) is 1. The van der Waals surface area contributed by atoms with E-state index in [1.807, 2.05) is 0 Å². The van der Waals surface area contributed by atoms with E-state index in [0.717, 1.165) is 4.90 Å². The molecule has 0 unspecified atom stereocenters. The number of hydrogen-bond acceptors (Lipinski definition) is 5. The molecule has 0 saturated carbocycles. The first-order valence-electron chi connectivity index (χ1n) is 9.64. The molecule has 1 fully saturated rings. The van der Waals surface area contributed by atoms with Crippen LogP contribution in [0.5, 0.6) is 5.75 Å². The maximum absolute atomic E-state index is 13.0. The van der Waals surface area contributed by atoms with Gasteiger partial charge >= 0.3 is 11.8 Å². The summed E-state index contributed by atoms with van der Waals surface area (Å²) in [5, 5.41) is 2.51. The molecule has 1 aromatic heterocycles. The second-order valence-corrected chi connectivity index (χ2v) is 7.67. The van der Waals surface area contributed by atoms with Crippen molar-refractivity contribution in [2.24, 2.45) is 0 Å². The Hall–Kier alpha value is -3.20. The summed E-state index contributed by atoms with van der Waals surface area (Å²) in [5.74, 6) is -1.60. The molecule has 2 aromatic rings. The van der Waals surface area contributed by atoms with Gasteiger partial charge < -0.3 is 19.9 Å². The normalized spacial score (nSPS) is 14.1. The van der Waals surface area contributed by atoms with E-state index in [1.165, 1.54) is 38.5 Å². The van der Waals surface area contributed by atoms with Crippen LogP contribution in [0.3, 0.4) is 0 Å². The predicted molar refractivity (Wildman–Crippen MR) is 113 cm³/mol. The summed E-state index contributed by atoms with van der Waals surface area (Å²) in [7, 11) is 2.91. The van der Waals surface area contributed by atoms with Crippen molar-refractivity contribution in [3.05, 3.63) is 52.9 Å². The van der Waals surface area contributed by atoms with E-state index in [2.05, 4.69) is 10.3 Å². The molecule has 1 aliphatic rings. The Bertz CT molecular complexity index is 976. The number of anilines is 1. The van der Waals surface area contributed by atoms with E-state index >= 15 is 0 Å². The Kier molecular flexibility index (Phi) is 7.06. The highest BCUT2D eigenvalue weighted by atomic mass is 35.5. The summed E-state index contributed by atoms with van der Waals surface area (Å²) in [6.07, 6.45) is 2.38. The Morgan fingerprint density at radius 3 is 2.45 bits per heavy atom. The van der Waals surface area contributed by atoms with Crippen molar-refractivity contribution >= 4 is 35.1 Å². The highest BCUT2D eigenvalue weighted by molar-refractivity contribution is 6.39. The molecule has 3 amide bonds. The molecule has 3 rings (SSSR count). The number of likely N-dealkylation sites (N-methyl/N-ethyl adjacent to an activating group) is 1. The smallest absolute Gasteiger partial charge is 0.315 e. The number of pyridine rings is 1. The van der Waals surface area contributed by atoms with Gasteiger partial charge in [-0.25, -0.2) is 9.37 Å². The molecular weight excluding hydrogens is 427 g/mol. The lowest BCUT2D eigenvalue weighted by molar-refractivity contribution is -0.141. The van der Waals surface area contributed by atoms with Crippen LogP contribution in [0.25, 0.3) is 0 Å². The van der Waals surface area contributed by atoms with Gasteiger partial charge in [0.05, 0.1) is 10.6 Å². The summed E-state index contributed by atoms with van der Waals surface area (Å²) in [6.45, 7) is 0.897. The van der Waals surface area contributed by atoms with Gasteiger partial charge in [-0.1, -0.05) is 11.6 Å². The summed E-state index contributed by atoms with van der Waals surface area (Å²) < 4.78 is 18.9. The second kappa shape index (κ2) is 9.74. The maximum atomic E-state index is 13.0. The number of halogens is 2. The molecule has 31 heavy (non-hydrogen) atoms. The monoisotopic (exact) mass is 448 g/mol. The van der Waals surface area contributed by atoms with Crippen molar-refractivity contribution in [2.45, 2.75) is 18.9 Å². The van der Waals surface area contributed by atoms with Crippen LogP contribution in [0.1, 0.15) is 23.2 Å². The number of nitrogens with zero attached hydrogens (tertiary/aromatic N) is 3. The minimum Gasteiger partial charge on any atom is -0.490 e. The van der Waals surface area contributed by atoms with Crippen LogP contribution >= 0.6 is 11.6 Å².